The number of amides is 1. The molecule has 0 unspecified atom stereocenters. The van der Waals surface area contributed by atoms with Gasteiger partial charge in [0.25, 0.3) is 0 Å². The molecule has 0 saturated carbocycles. The van der Waals surface area contributed by atoms with Crippen molar-refractivity contribution >= 4 is 33.0 Å². The van der Waals surface area contributed by atoms with Crippen LogP contribution in [0, 0.1) is 0 Å². The predicted molar refractivity (Wildman–Crippen MR) is 86.5 cm³/mol. The Morgan fingerprint density at radius 3 is 2.86 bits per heavy atom. The molecule has 2 aromatic rings. The van der Waals surface area contributed by atoms with Gasteiger partial charge in [0, 0.05) is 30.6 Å². The Kier molecular flexibility index (Phi) is 4.03. The zero-order valence-electron chi connectivity index (χ0n) is 12.1. The average molecular weight is 336 g/mol. The van der Waals surface area contributed by atoms with Crippen molar-refractivity contribution in [1.82, 2.24) is 4.72 Å². The molecule has 0 aliphatic carbocycles. The lowest BCUT2D eigenvalue weighted by molar-refractivity contribution is -0.116. The van der Waals surface area contributed by atoms with Gasteiger partial charge in [-0.3, -0.25) is 4.79 Å². The van der Waals surface area contributed by atoms with E-state index in [1.807, 2.05) is 17.5 Å². The van der Waals surface area contributed by atoms with Crippen LogP contribution in [0.2, 0.25) is 0 Å². The van der Waals surface area contributed by atoms with Crippen LogP contribution in [0.1, 0.15) is 17.4 Å². The van der Waals surface area contributed by atoms with Crippen LogP contribution in [0.4, 0.5) is 5.69 Å². The number of hydrogen-bond donors (Lipinski definition) is 1. The van der Waals surface area contributed by atoms with Crippen LogP contribution in [0.5, 0.6) is 0 Å². The Balaban J connectivity index is 1.82. The standard InChI is InChI=1S/C15H16N2O3S2/c1-11(18)17-7-6-12-9-14(4-5-15(12)17)22(19,20)16-10-13-3-2-8-21-13/h2-5,8-9,16H,6-7,10H2,1H3. The zero-order chi connectivity index (χ0) is 15.7. The minimum absolute atomic E-state index is 0.0230. The first-order valence-electron chi connectivity index (χ1n) is 6.90. The van der Waals surface area contributed by atoms with Crippen LogP contribution in [0.15, 0.2) is 40.6 Å². The molecule has 7 heteroatoms. The number of nitrogens with one attached hydrogen (secondary N) is 1. The molecule has 0 saturated heterocycles. The topological polar surface area (TPSA) is 66.5 Å². The van der Waals surface area contributed by atoms with Crippen molar-refractivity contribution in [2.24, 2.45) is 0 Å². The van der Waals surface area contributed by atoms with E-state index in [1.165, 1.54) is 18.3 Å². The van der Waals surface area contributed by atoms with Crippen LogP contribution in [0.3, 0.4) is 0 Å². The minimum atomic E-state index is -3.54. The highest BCUT2D eigenvalue weighted by molar-refractivity contribution is 7.89. The summed E-state index contributed by atoms with van der Waals surface area (Å²) in [7, 11) is -3.54. The van der Waals surface area contributed by atoms with E-state index in [0.717, 1.165) is 16.1 Å². The first kappa shape index (κ1) is 15.2. The molecule has 0 fully saturated rings. The van der Waals surface area contributed by atoms with Gasteiger partial charge >= 0.3 is 0 Å². The number of carbonyl (C=O) groups is 1. The second-order valence-corrected chi connectivity index (χ2v) is 7.91. The molecule has 22 heavy (non-hydrogen) atoms. The molecule has 1 aliphatic rings. The molecule has 0 radical (unpaired) electrons. The smallest absolute Gasteiger partial charge is 0.240 e. The monoisotopic (exact) mass is 336 g/mol. The number of anilines is 1. The van der Waals surface area contributed by atoms with Gasteiger partial charge in [-0.25, -0.2) is 13.1 Å². The third-order valence-electron chi connectivity index (χ3n) is 3.65. The highest BCUT2D eigenvalue weighted by Crippen LogP contribution is 2.30. The fourth-order valence-electron chi connectivity index (χ4n) is 2.54. The summed E-state index contributed by atoms with van der Waals surface area (Å²) >= 11 is 1.51. The summed E-state index contributed by atoms with van der Waals surface area (Å²) in [6, 6.07) is 8.70. The Labute approximate surface area is 133 Å². The average Bonchev–Trinajstić information content (AvgIpc) is 3.13. The third kappa shape index (κ3) is 2.92. The van der Waals surface area contributed by atoms with Crippen LogP contribution < -0.4 is 9.62 Å². The predicted octanol–water partition coefficient (Wildman–Crippen LogP) is 2.14. The van der Waals surface area contributed by atoms with Crippen molar-refractivity contribution in [3.8, 4) is 0 Å². The number of carbonyl (C=O) groups excluding carboxylic acids is 1. The number of fused-ring (bicyclic) bond motifs is 1. The summed E-state index contributed by atoms with van der Waals surface area (Å²) in [5.41, 5.74) is 1.71. The number of benzene rings is 1. The Bertz CT molecular complexity index is 798. The molecular formula is C15H16N2O3S2. The molecule has 0 spiro atoms. The molecule has 2 heterocycles. The largest absolute Gasteiger partial charge is 0.312 e. The number of nitrogens with zero attached hydrogens (tertiary/aromatic N) is 1. The first-order chi connectivity index (χ1) is 10.5. The van der Waals surface area contributed by atoms with Gasteiger partial charge in [-0.15, -0.1) is 11.3 Å². The van der Waals surface area contributed by atoms with Crippen LogP contribution in [-0.4, -0.2) is 20.9 Å². The van der Waals surface area contributed by atoms with Crippen molar-refractivity contribution in [3.05, 3.63) is 46.2 Å². The SMILES string of the molecule is CC(=O)N1CCc2cc(S(=O)(=O)NCc3cccs3)ccc21. The summed E-state index contributed by atoms with van der Waals surface area (Å²) in [5, 5.41) is 1.91. The van der Waals surface area contributed by atoms with Crippen LogP contribution in [-0.2, 0) is 27.8 Å². The van der Waals surface area contributed by atoms with Gasteiger partial charge in [0.2, 0.25) is 15.9 Å². The first-order valence-corrected chi connectivity index (χ1v) is 9.27. The summed E-state index contributed by atoms with van der Waals surface area (Å²) < 4.78 is 27.3. The summed E-state index contributed by atoms with van der Waals surface area (Å²) in [5.74, 6) is -0.0230. The quantitative estimate of drug-likeness (QED) is 0.930. The maximum absolute atomic E-state index is 12.4. The lowest BCUT2D eigenvalue weighted by Crippen LogP contribution is -2.25. The van der Waals surface area contributed by atoms with Crippen LogP contribution >= 0.6 is 11.3 Å². The molecule has 5 nitrogen and oxygen atoms in total. The molecule has 116 valence electrons. The van der Waals surface area contributed by atoms with E-state index in [-0.39, 0.29) is 17.3 Å². The van der Waals surface area contributed by atoms with Crippen molar-refractivity contribution in [1.29, 1.82) is 0 Å². The van der Waals surface area contributed by atoms with Gasteiger partial charge in [0.1, 0.15) is 0 Å². The van der Waals surface area contributed by atoms with Gasteiger partial charge in [0.15, 0.2) is 0 Å². The van der Waals surface area contributed by atoms with Gasteiger partial charge in [-0.2, -0.15) is 0 Å². The molecular weight excluding hydrogens is 320 g/mol. The third-order valence-corrected chi connectivity index (χ3v) is 5.93. The van der Waals surface area contributed by atoms with Gasteiger partial charge in [0.05, 0.1) is 4.90 Å². The lowest BCUT2D eigenvalue weighted by Gasteiger charge is -2.15. The number of thiophene rings is 1. The normalized spacial score (nSPS) is 14.1. The lowest BCUT2D eigenvalue weighted by atomic mass is 10.2. The van der Waals surface area contributed by atoms with Crippen LogP contribution in [0.25, 0.3) is 0 Å². The van der Waals surface area contributed by atoms with E-state index in [9.17, 15) is 13.2 Å². The van der Waals surface area contributed by atoms with E-state index < -0.39 is 10.0 Å². The highest BCUT2D eigenvalue weighted by Gasteiger charge is 2.24. The molecule has 1 aromatic heterocycles. The van der Waals surface area contributed by atoms with E-state index in [2.05, 4.69) is 4.72 Å². The fraction of sp³-hybridized carbons (Fsp3) is 0.267. The Hall–Kier alpha value is -1.70. The van der Waals surface area contributed by atoms with Gasteiger partial charge < -0.3 is 4.90 Å². The van der Waals surface area contributed by atoms with Crippen molar-refractivity contribution in [2.45, 2.75) is 24.8 Å². The summed E-state index contributed by atoms with van der Waals surface area (Å²) in [6.45, 7) is 2.41. The maximum atomic E-state index is 12.4. The van der Waals surface area contributed by atoms with E-state index in [1.54, 1.807) is 23.1 Å². The summed E-state index contributed by atoms with van der Waals surface area (Å²) in [6.07, 6.45) is 0.684. The van der Waals surface area contributed by atoms with E-state index in [0.29, 0.717) is 13.0 Å². The molecule has 1 amide bonds. The number of sulfonamides is 1. The van der Waals surface area contributed by atoms with Gasteiger partial charge in [-0.1, -0.05) is 6.07 Å². The van der Waals surface area contributed by atoms with E-state index >= 15 is 0 Å². The maximum Gasteiger partial charge on any atom is 0.240 e. The molecule has 1 aromatic carbocycles. The molecule has 1 N–H and O–H groups in total. The molecule has 1 aliphatic heterocycles. The molecule has 0 atom stereocenters. The number of rotatable bonds is 4. The van der Waals surface area contributed by atoms with E-state index in [4.69, 9.17) is 0 Å². The van der Waals surface area contributed by atoms with Gasteiger partial charge in [-0.05, 0) is 41.6 Å². The van der Waals surface area contributed by atoms with Crippen molar-refractivity contribution < 1.29 is 13.2 Å². The molecule has 3 rings (SSSR count). The Morgan fingerprint density at radius 2 is 2.18 bits per heavy atom. The fourth-order valence-corrected chi connectivity index (χ4v) is 4.33. The Morgan fingerprint density at radius 1 is 1.36 bits per heavy atom. The summed E-state index contributed by atoms with van der Waals surface area (Å²) in [4.78, 5) is 14.4. The highest BCUT2D eigenvalue weighted by atomic mass is 32.2. The van der Waals surface area contributed by atoms with Crippen molar-refractivity contribution in [2.75, 3.05) is 11.4 Å². The second kappa shape index (κ2) is 5.83. The zero-order valence-corrected chi connectivity index (χ0v) is 13.7. The second-order valence-electron chi connectivity index (χ2n) is 5.12. The van der Waals surface area contributed by atoms with Crippen molar-refractivity contribution in [3.63, 3.8) is 0 Å². The molecule has 0 bridgehead atoms. The minimum Gasteiger partial charge on any atom is -0.312 e. The number of hydrogen-bond acceptors (Lipinski definition) is 4.